The SMILES string of the molecule is CC(CC(N)=O)n1c(SCC(=O)O)nc2cccnc21. The molecule has 0 aliphatic rings. The number of rotatable bonds is 6. The van der Waals surface area contributed by atoms with Gasteiger partial charge in [0.1, 0.15) is 5.52 Å². The number of aromatic nitrogens is 3. The molecule has 0 aliphatic heterocycles. The van der Waals surface area contributed by atoms with Crippen molar-refractivity contribution in [2.45, 2.75) is 24.5 Å². The van der Waals surface area contributed by atoms with E-state index in [1.807, 2.05) is 6.92 Å². The number of carbonyl (C=O) groups excluding carboxylic acids is 1. The summed E-state index contributed by atoms with van der Waals surface area (Å²) in [6.45, 7) is 1.82. The molecule has 8 heteroatoms. The van der Waals surface area contributed by atoms with Gasteiger partial charge in [0.05, 0.1) is 5.75 Å². The van der Waals surface area contributed by atoms with Crippen molar-refractivity contribution in [2.75, 3.05) is 5.75 Å². The summed E-state index contributed by atoms with van der Waals surface area (Å²) in [5.74, 6) is -1.46. The Bertz CT molecular complexity index is 655. The summed E-state index contributed by atoms with van der Waals surface area (Å²) in [4.78, 5) is 30.4. The first-order valence-corrected chi connectivity index (χ1v) is 6.93. The number of hydrogen-bond acceptors (Lipinski definition) is 5. The second-order valence-corrected chi connectivity index (χ2v) is 5.25. The number of fused-ring (bicyclic) bond motifs is 1. The molecule has 0 saturated carbocycles. The fourth-order valence-corrected chi connectivity index (χ4v) is 2.74. The van der Waals surface area contributed by atoms with Crippen LogP contribution in [0.4, 0.5) is 0 Å². The fraction of sp³-hybridized carbons (Fsp3) is 0.333. The molecule has 2 heterocycles. The molecular weight excluding hydrogens is 280 g/mol. The normalized spacial score (nSPS) is 12.4. The minimum absolute atomic E-state index is 0.105. The number of aliphatic carboxylic acids is 1. The van der Waals surface area contributed by atoms with Crippen LogP contribution in [0.25, 0.3) is 11.2 Å². The van der Waals surface area contributed by atoms with Crippen LogP contribution < -0.4 is 5.73 Å². The monoisotopic (exact) mass is 294 g/mol. The van der Waals surface area contributed by atoms with Gasteiger partial charge in [-0.2, -0.15) is 0 Å². The molecule has 2 rings (SSSR count). The molecule has 0 bridgehead atoms. The molecule has 0 aliphatic carbocycles. The molecule has 0 saturated heterocycles. The topological polar surface area (TPSA) is 111 Å². The van der Waals surface area contributed by atoms with Gasteiger partial charge in [-0.3, -0.25) is 9.59 Å². The standard InChI is InChI=1S/C12H14N4O3S/c1-7(5-9(13)17)16-11-8(3-2-4-14-11)15-12(16)20-6-10(18)19/h2-4,7H,5-6H2,1H3,(H2,13,17)(H,18,19). The number of pyridine rings is 1. The summed E-state index contributed by atoms with van der Waals surface area (Å²) >= 11 is 1.10. The molecule has 0 radical (unpaired) electrons. The van der Waals surface area contributed by atoms with E-state index in [0.717, 1.165) is 11.8 Å². The van der Waals surface area contributed by atoms with Crippen molar-refractivity contribution < 1.29 is 14.7 Å². The quantitative estimate of drug-likeness (QED) is 0.770. The van der Waals surface area contributed by atoms with Crippen LogP contribution >= 0.6 is 11.8 Å². The third-order valence-electron chi connectivity index (χ3n) is 2.68. The van der Waals surface area contributed by atoms with Crippen LogP contribution in [0.15, 0.2) is 23.5 Å². The molecule has 1 amide bonds. The Morgan fingerprint density at radius 1 is 1.55 bits per heavy atom. The van der Waals surface area contributed by atoms with E-state index in [-0.39, 0.29) is 18.2 Å². The highest BCUT2D eigenvalue weighted by Crippen LogP contribution is 2.27. The highest BCUT2D eigenvalue weighted by molar-refractivity contribution is 7.99. The minimum Gasteiger partial charge on any atom is -0.481 e. The second kappa shape index (κ2) is 5.91. The minimum atomic E-state index is -0.927. The lowest BCUT2D eigenvalue weighted by Crippen LogP contribution is -2.18. The predicted molar refractivity (Wildman–Crippen MR) is 74.4 cm³/mol. The van der Waals surface area contributed by atoms with Crippen LogP contribution in [0.2, 0.25) is 0 Å². The molecule has 20 heavy (non-hydrogen) atoms. The van der Waals surface area contributed by atoms with Crippen molar-refractivity contribution in [2.24, 2.45) is 5.73 Å². The van der Waals surface area contributed by atoms with Gasteiger partial charge in [-0.05, 0) is 19.1 Å². The number of nitrogens with two attached hydrogens (primary N) is 1. The number of thioether (sulfide) groups is 1. The molecule has 1 atom stereocenters. The summed E-state index contributed by atoms with van der Waals surface area (Å²) in [6.07, 6.45) is 1.77. The first kappa shape index (κ1) is 14.3. The Morgan fingerprint density at radius 3 is 2.95 bits per heavy atom. The summed E-state index contributed by atoms with van der Waals surface area (Å²) in [5.41, 5.74) is 6.50. The molecule has 7 nitrogen and oxygen atoms in total. The molecular formula is C12H14N4O3S. The number of amides is 1. The number of hydrogen-bond donors (Lipinski definition) is 2. The summed E-state index contributed by atoms with van der Waals surface area (Å²) in [5, 5.41) is 9.30. The Hall–Kier alpha value is -2.09. The Morgan fingerprint density at radius 2 is 2.30 bits per heavy atom. The number of primary amides is 1. The van der Waals surface area contributed by atoms with Gasteiger partial charge < -0.3 is 15.4 Å². The van der Waals surface area contributed by atoms with Crippen LogP contribution in [0.3, 0.4) is 0 Å². The lowest BCUT2D eigenvalue weighted by Gasteiger charge is -2.14. The summed E-state index contributed by atoms with van der Waals surface area (Å²) < 4.78 is 1.76. The van der Waals surface area contributed by atoms with E-state index in [1.54, 1.807) is 22.9 Å². The predicted octanol–water partition coefficient (Wildman–Crippen LogP) is 1.04. The number of carboxylic acids is 1. The average Bonchev–Trinajstić information content (AvgIpc) is 2.73. The van der Waals surface area contributed by atoms with E-state index in [1.165, 1.54) is 0 Å². The number of carboxylic acid groups (broad SMARTS) is 1. The zero-order valence-corrected chi connectivity index (χ0v) is 11.6. The van der Waals surface area contributed by atoms with Crippen LogP contribution in [-0.4, -0.2) is 37.3 Å². The van der Waals surface area contributed by atoms with E-state index in [2.05, 4.69) is 9.97 Å². The van der Waals surface area contributed by atoms with Crippen molar-refractivity contribution in [1.82, 2.24) is 14.5 Å². The van der Waals surface area contributed by atoms with E-state index in [4.69, 9.17) is 10.8 Å². The maximum Gasteiger partial charge on any atom is 0.313 e. The first-order chi connectivity index (χ1) is 9.49. The maximum atomic E-state index is 11.1. The van der Waals surface area contributed by atoms with Gasteiger partial charge in [0.25, 0.3) is 0 Å². The van der Waals surface area contributed by atoms with Crippen molar-refractivity contribution in [1.29, 1.82) is 0 Å². The first-order valence-electron chi connectivity index (χ1n) is 5.95. The molecule has 0 fully saturated rings. The van der Waals surface area contributed by atoms with Crippen LogP contribution in [-0.2, 0) is 9.59 Å². The molecule has 106 valence electrons. The molecule has 2 aromatic rings. The number of nitrogens with zero attached hydrogens (tertiary/aromatic N) is 3. The van der Waals surface area contributed by atoms with Crippen molar-refractivity contribution in [3.05, 3.63) is 18.3 Å². The van der Waals surface area contributed by atoms with Gasteiger partial charge in [0, 0.05) is 18.7 Å². The molecule has 2 aromatic heterocycles. The molecule has 0 spiro atoms. The third kappa shape index (κ3) is 3.08. The zero-order chi connectivity index (χ0) is 14.7. The van der Waals surface area contributed by atoms with E-state index in [0.29, 0.717) is 16.3 Å². The van der Waals surface area contributed by atoms with Gasteiger partial charge in [0.2, 0.25) is 5.91 Å². The third-order valence-corrected chi connectivity index (χ3v) is 3.62. The Kier molecular flexibility index (Phi) is 4.23. The van der Waals surface area contributed by atoms with E-state index < -0.39 is 11.9 Å². The van der Waals surface area contributed by atoms with Gasteiger partial charge >= 0.3 is 5.97 Å². The Balaban J connectivity index is 2.43. The largest absolute Gasteiger partial charge is 0.481 e. The fourth-order valence-electron chi connectivity index (χ4n) is 1.92. The van der Waals surface area contributed by atoms with Crippen molar-refractivity contribution in [3.63, 3.8) is 0 Å². The number of carbonyl (C=O) groups is 2. The molecule has 3 N–H and O–H groups in total. The Labute approximate surface area is 119 Å². The summed E-state index contributed by atoms with van der Waals surface area (Å²) in [6, 6.07) is 3.31. The van der Waals surface area contributed by atoms with Gasteiger partial charge in [0.15, 0.2) is 10.8 Å². The highest BCUT2D eigenvalue weighted by atomic mass is 32.2. The van der Waals surface area contributed by atoms with Crippen LogP contribution in [0.5, 0.6) is 0 Å². The van der Waals surface area contributed by atoms with Crippen molar-refractivity contribution >= 4 is 34.8 Å². The van der Waals surface area contributed by atoms with Gasteiger partial charge in [-0.15, -0.1) is 0 Å². The van der Waals surface area contributed by atoms with Crippen LogP contribution in [0.1, 0.15) is 19.4 Å². The average molecular weight is 294 g/mol. The van der Waals surface area contributed by atoms with Gasteiger partial charge in [-0.25, -0.2) is 9.97 Å². The highest BCUT2D eigenvalue weighted by Gasteiger charge is 2.19. The second-order valence-electron chi connectivity index (χ2n) is 4.31. The lowest BCUT2D eigenvalue weighted by atomic mass is 10.2. The van der Waals surface area contributed by atoms with Crippen molar-refractivity contribution in [3.8, 4) is 0 Å². The maximum absolute atomic E-state index is 11.1. The zero-order valence-electron chi connectivity index (χ0n) is 10.8. The lowest BCUT2D eigenvalue weighted by molar-refractivity contribution is -0.134. The van der Waals surface area contributed by atoms with Gasteiger partial charge in [-0.1, -0.05) is 11.8 Å². The smallest absolute Gasteiger partial charge is 0.313 e. The van der Waals surface area contributed by atoms with E-state index >= 15 is 0 Å². The molecule has 0 aromatic carbocycles. The summed E-state index contributed by atoms with van der Waals surface area (Å²) in [7, 11) is 0. The van der Waals surface area contributed by atoms with E-state index in [9.17, 15) is 9.59 Å². The number of imidazole rings is 1. The molecule has 1 unspecified atom stereocenters. The van der Waals surface area contributed by atoms with Crippen LogP contribution in [0, 0.1) is 0 Å².